The SMILES string of the molecule is CCCNCc1ncnn1Cc1ccc(I)cc1. The lowest BCUT2D eigenvalue weighted by atomic mass is 10.2. The summed E-state index contributed by atoms with van der Waals surface area (Å²) in [4.78, 5) is 4.29. The van der Waals surface area contributed by atoms with Gasteiger partial charge in [0.25, 0.3) is 0 Å². The van der Waals surface area contributed by atoms with Crippen LogP contribution in [0.3, 0.4) is 0 Å². The molecular weight excluding hydrogens is 339 g/mol. The van der Waals surface area contributed by atoms with Crippen LogP contribution in [-0.2, 0) is 13.1 Å². The number of hydrogen-bond donors (Lipinski definition) is 1. The first kappa shape index (κ1) is 13.5. The van der Waals surface area contributed by atoms with E-state index in [4.69, 9.17) is 0 Å². The highest BCUT2D eigenvalue weighted by atomic mass is 127. The van der Waals surface area contributed by atoms with Gasteiger partial charge in [-0.1, -0.05) is 19.1 Å². The van der Waals surface area contributed by atoms with Gasteiger partial charge in [-0.2, -0.15) is 5.10 Å². The largest absolute Gasteiger partial charge is 0.310 e. The highest BCUT2D eigenvalue weighted by Crippen LogP contribution is 2.08. The van der Waals surface area contributed by atoms with Crippen LogP contribution in [0.15, 0.2) is 30.6 Å². The van der Waals surface area contributed by atoms with E-state index in [9.17, 15) is 0 Å². The third-order valence-corrected chi connectivity index (χ3v) is 3.37. The molecule has 0 saturated heterocycles. The number of nitrogens with one attached hydrogen (secondary N) is 1. The predicted octanol–water partition coefficient (Wildman–Crippen LogP) is 2.43. The molecule has 0 fully saturated rings. The number of benzene rings is 1. The first-order chi connectivity index (χ1) is 8.79. The highest BCUT2D eigenvalue weighted by Gasteiger charge is 2.04. The maximum atomic E-state index is 4.29. The van der Waals surface area contributed by atoms with Crippen molar-refractivity contribution < 1.29 is 0 Å². The lowest BCUT2D eigenvalue weighted by molar-refractivity contribution is 0.582. The minimum absolute atomic E-state index is 0.776. The second-order valence-corrected chi connectivity index (χ2v) is 5.38. The summed E-state index contributed by atoms with van der Waals surface area (Å²) >= 11 is 2.31. The van der Waals surface area contributed by atoms with Crippen molar-refractivity contribution in [2.75, 3.05) is 6.54 Å². The predicted molar refractivity (Wildman–Crippen MR) is 80.3 cm³/mol. The summed E-state index contributed by atoms with van der Waals surface area (Å²) in [5.74, 6) is 0.988. The summed E-state index contributed by atoms with van der Waals surface area (Å²) in [5, 5.41) is 7.62. The van der Waals surface area contributed by atoms with Gasteiger partial charge in [0.05, 0.1) is 13.1 Å². The average Bonchev–Trinajstić information content (AvgIpc) is 2.80. The van der Waals surface area contributed by atoms with Gasteiger partial charge in [0.2, 0.25) is 0 Å². The van der Waals surface area contributed by atoms with Crippen molar-refractivity contribution in [1.29, 1.82) is 0 Å². The second kappa shape index (κ2) is 6.84. The van der Waals surface area contributed by atoms with Crippen molar-refractivity contribution in [2.24, 2.45) is 0 Å². The van der Waals surface area contributed by atoms with Crippen molar-refractivity contribution >= 4 is 22.6 Å². The van der Waals surface area contributed by atoms with E-state index in [2.05, 4.69) is 69.2 Å². The van der Waals surface area contributed by atoms with E-state index >= 15 is 0 Å². The Bertz CT molecular complexity index is 478. The van der Waals surface area contributed by atoms with E-state index < -0.39 is 0 Å². The molecular formula is C13H17IN4. The molecule has 2 rings (SSSR count). The molecule has 0 bridgehead atoms. The smallest absolute Gasteiger partial charge is 0.141 e. The van der Waals surface area contributed by atoms with Crippen LogP contribution < -0.4 is 5.32 Å². The molecule has 0 atom stereocenters. The molecule has 0 radical (unpaired) electrons. The average molecular weight is 356 g/mol. The standard InChI is InChI=1S/C13H17IN4/c1-2-7-15-8-13-16-10-17-18(13)9-11-3-5-12(14)6-4-11/h3-6,10,15H,2,7-9H2,1H3. The molecule has 0 saturated carbocycles. The first-order valence-corrected chi connectivity index (χ1v) is 7.19. The molecule has 0 aliphatic carbocycles. The van der Waals surface area contributed by atoms with Crippen LogP contribution in [0.5, 0.6) is 0 Å². The van der Waals surface area contributed by atoms with Gasteiger partial charge in [0, 0.05) is 3.57 Å². The quantitative estimate of drug-likeness (QED) is 0.639. The number of nitrogens with zero attached hydrogens (tertiary/aromatic N) is 3. The Morgan fingerprint density at radius 1 is 1.28 bits per heavy atom. The van der Waals surface area contributed by atoms with Crippen molar-refractivity contribution in [3.8, 4) is 0 Å². The maximum Gasteiger partial charge on any atom is 0.141 e. The van der Waals surface area contributed by atoms with Gasteiger partial charge in [-0.25, -0.2) is 9.67 Å². The van der Waals surface area contributed by atoms with Crippen LogP contribution in [-0.4, -0.2) is 21.3 Å². The molecule has 0 amide bonds. The molecule has 0 unspecified atom stereocenters. The highest BCUT2D eigenvalue weighted by molar-refractivity contribution is 14.1. The van der Waals surface area contributed by atoms with Gasteiger partial charge < -0.3 is 5.32 Å². The molecule has 1 aromatic heterocycles. The maximum absolute atomic E-state index is 4.29. The lowest BCUT2D eigenvalue weighted by Crippen LogP contribution is -2.18. The van der Waals surface area contributed by atoms with Gasteiger partial charge in [-0.05, 0) is 53.3 Å². The van der Waals surface area contributed by atoms with Crippen molar-refractivity contribution in [2.45, 2.75) is 26.4 Å². The van der Waals surface area contributed by atoms with Crippen LogP contribution in [0.4, 0.5) is 0 Å². The molecule has 0 spiro atoms. The minimum atomic E-state index is 0.776. The number of rotatable bonds is 6. The Labute approximate surface area is 121 Å². The van der Waals surface area contributed by atoms with Gasteiger partial charge >= 0.3 is 0 Å². The number of aromatic nitrogens is 3. The van der Waals surface area contributed by atoms with Gasteiger partial charge in [-0.3, -0.25) is 0 Å². The second-order valence-electron chi connectivity index (χ2n) is 4.14. The molecule has 96 valence electrons. The summed E-state index contributed by atoms with van der Waals surface area (Å²) < 4.78 is 3.20. The summed E-state index contributed by atoms with van der Waals surface area (Å²) in [6.07, 6.45) is 2.75. The van der Waals surface area contributed by atoms with Crippen molar-refractivity contribution in [1.82, 2.24) is 20.1 Å². The molecule has 1 heterocycles. The Hall–Kier alpha value is -0.950. The molecule has 5 heteroatoms. The fourth-order valence-corrected chi connectivity index (χ4v) is 2.06. The normalized spacial score (nSPS) is 10.8. The van der Waals surface area contributed by atoms with E-state index in [0.717, 1.165) is 31.9 Å². The van der Waals surface area contributed by atoms with E-state index in [0.29, 0.717) is 0 Å². The summed E-state index contributed by atoms with van der Waals surface area (Å²) in [5.41, 5.74) is 1.25. The van der Waals surface area contributed by atoms with E-state index in [1.165, 1.54) is 9.13 Å². The molecule has 2 aromatic rings. The van der Waals surface area contributed by atoms with E-state index in [1.807, 2.05) is 4.68 Å². The summed E-state index contributed by atoms with van der Waals surface area (Å²) in [7, 11) is 0. The lowest BCUT2D eigenvalue weighted by Gasteiger charge is -2.07. The van der Waals surface area contributed by atoms with Gasteiger partial charge in [-0.15, -0.1) is 0 Å². The van der Waals surface area contributed by atoms with Crippen LogP contribution in [0.1, 0.15) is 24.7 Å². The van der Waals surface area contributed by atoms with Crippen molar-refractivity contribution in [3.05, 3.63) is 45.6 Å². The Morgan fingerprint density at radius 2 is 2.06 bits per heavy atom. The molecule has 4 nitrogen and oxygen atoms in total. The van der Waals surface area contributed by atoms with Crippen LogP contribution in [0.2, 0.25) is 0 Å². The molecule has 18 heavy (non-hydrogen) atoms. The Balaban J connectivity index is 2.00. The zero-order valence-corrected chi connectivity index (χ0v) is 12.6. The zero-order valence-electron chi connectivity index (χ0n) is 10.4. The molecule has 1 aromatic carbocycles. The number of hydrogen-bond acceptors (Lipinski definition) is 3. The fourth-order valence-electron chi connectivity index (χ4n) is 1.70. The van der Waals surface area contributed by atoms with Gasteiger partial charge in [0.15, 0.2) is 0 Å². The number of halogens is 1. The van der Waals surface area contributed by atoms with E-state index in [-0.39, 0.29) is 0 Å². The Morgan fingerprint density at radius 3 is 2.78 bits per heavy atom. The zero-order chi connectivity index (χ0) is 12.8. The van der Waals surface area contributed by atoms with E-state index in [1.54, 1.807) is 6.33 Å². The molecule has 0 aliphatic rings. The first-order valence-electron chi connectivity index (χ1n) is 6.11. The minimum Gasteiger partial charge on any atom is -0.310 e. The van der Waals surface area contributed by atoms with Crippen LogP contribution in [0.25, 0.3) is 0 Å². The molecule has 0 aliphatic heterocycles. The van der Waals surface area contributed by atoms with Crippen molar-refractivity contribution in [3.63, 3.8) is 0 Å². The topological polar surface area (TPSA) is 42.7 Å². The van der Waals surface area contributed by atoms with Crippen LogP contribution in [0, 0.1) is 3.57 Å². The third kappa shape index (κ3) is 3.78. The summed E-state index contributed by atoms with van der Waals surface area (Å²) in [6.45, 7) is 4.72. The van der Waals surface area contributed by atoms with Gasteiger partial charge in [0.1, 0.15) is 12.2 Å². The third-order valence-electron chi connectivity index (χ3n) is 2.65. The monoisotopic (exact) mass is 356 g/mol. The Kier molecular flexibility index (Phi) is 5.12. The molecule has 1 N–H and O–H groups in total. The summed E-state index contributed by atoms with van der Waals surface area (Å²) in [6, 6.07) is 8.49. The fraction of sp³-hybridized carbons (Fsp3) is 0.385. The van der Waals surface area contributed by atoms with Crippen LogP contribution >= 0.6 is 22.6 Å².